The minimum atomic E-state index is -0.425. The molecule has 0 atom stereocenters. The lowest BCUT2D eigenvalue weighted by atomic mass is 10.0. The van der Waals surface area contributed by atoms with Crippen LogP contribution in [0.25, 0.3) is 0 Å². The molecule has 1 aliphatic carbocycles. The van der Waals surface area contributed by atoms with Crippen molar-refractivity contribution in [2.24, 2.45) is 11.7 Å². The highest BCUT2D eigenvalue weighted by Crippen LogP contribution is 2.34. The van der Waals surface area contributed by atoms with Gasteiger partial charge in [-0.15, -0.1) is 0 Å². The fourth-order valence-corrected chi connectivity index (χ4v) is 1.94. The van der Waals surface area contributed by atoms with Crippen LogP contribution in [0.3, 0.4) is 0 Å². The number of carbonyl (C=O) groups excluding carboxylic acids is 1. The van der Waals surface area contributed by atoms with Gasteiger partial charge in [0.1, 0.15) is 0 Å². The molecule has 0 aromatic heterocycles. The quantitative estimate of drug-likeness (QED) is 0.816. The molecule has 0 unspecified atom stereocenters. The van der Waals surface area contributed by atoms with Crippen LogP contribution < -0.4 is 5.73 Å². The van der Waals surface area contributed by atoms with Gasteiger partial charge in [-0.05, 0) is 36.8 Å². The van der Waals surface area contributed by atoms with Crippen molar-refractivity contribution in [1.29, 1.82) is 0 Å². The smallest absolute Gasteiger partial charge is 0.250 e. The van der Waals surface area contributed by atoms with Gasteiger partial charge in [0.05, 0.1) is 10.6 Å². The Bertz CT molecular complexity index is 372. The van der Waals surface area contributed by atoms with Gasteiger partial charge in [0.25, 0.3) is 0 Å². The van der Waals surface area contributed by atoms with Crippen molar-refractivity contribution in [3.05, 3.63) is 34.3 Å². The Balaban J connectivity index is 2.35. The van der Waals surface area contributed by atoms with Crippen molar-refractivity contribution < 1.29 is 4.79 Å². The Kier molecular flexibility index (Phi) is 2.46. The zero-order valence-electron chi connectivity index (χ0n) is 7.79. The molecule has 0 radical (unpaired) electrons. The van der Waals surface area contributed by atoms with Gasteiger partial charge in [0.2, 0.25) is 5.91 Å². The van der Waals surface area contributed by atoms with Crippen molar-refractivity contribution >= 4 is 17.5 Å². The fourth-order valence-electron chi connectivity index (χ4n) is 1.65. The van der Waals surface area contributed by atoms with Crippen LogP contribution in [0.4, 0.5) is 0 Å². The Morgan fingerprint density at radius 2 is 2.21 bits per heavy atom. The Morgan fingerprint density at radius 3 is 2.79 bits per heavy atom. The maximum Gasteiger partial charge on any atom is 0.250 e. The van der Waals surface area contributed by atoms with E-state index in [9.17, 15) is 4.79 Å². The summed E-state index contributed by atoms with van der Waals surface area (Å²) in [5.74, 6) is 0.304. The summed E-state index contributed by atoms with van der Waals surface area (Å²) in [7, 11) is 0. The molecule has 1 fully saturated rings. The van der Waals surface area contributed by atoms with E-state index in [0.29, 0.717) is 10.6 Å². The molecule has 74 valence electrons. The molecule has 2 rings (SSSR count). The standard InChI is InChI=1S/C11H12ClNO/c12-9-3-1-2-8(6-7-4-5-7)10(9)11(13)14/h1-3,7H,4-6H2,(H2,13,14). The molecule has 1 aliphatic rings. The zero-order chi connectivity index (χ0) is 10.1. The molecule has 0 saturated heterocycles. The van der Waals surface area contributed by atoms with E-state index in [1.54, 1.807) is 6.07 Å². The SMILES string of the molecule is NC(=O)c1c(Cl)cccc1CC1CC1. The summed E-state index contributed by atoms with van der Waals surface area (Å²) in [5, 5.41) is 0.468. The predicted octanol–water partition coefficient (Wildman–Crippen LogP) is 2.39. The van der Waals surface area contributed by atoms with E-state index in [4.69, 9.17) is 17.3 Å². The van der Waals surface area contributed by atoms with Crippen LogP contribution in [-0.2, 0) is 6.42 Å². The second-order valence-electron chi connectivity index (χ2n) is 3.79. The van der Waals surface area contributed by atoms with E-state index in [2.05, 4.69) is 0 Å². The molecule has 2 nitrogen and oxygen atoms in total. The summed E-state index contributed by atoms with van der Waals surface area (Å²) >= 11 is 5.93. The van der Waals surface area contributed by atoms with E-state index in [1.807, 2.05) is 12.1 Å². The predicted molar refractivity (Wildman–Crippen MR) is 56.4 cm³/mol. The highest BCUT2D eigenvalue weighted by Gasteiger charge is 2.24. The van der Waals surface area contributed by atoms with Gasteiger partial charge >= 0.3 is 0 Å². The topological polar surface area (TPSA) is 43.1 Å². The number of carbonyl (C=O) groups is 1. The summed E-state index contributed by atoms with van der Waals surface area (Å²) < 4.78 is 0. The molecule has 0 bridgehead atoms. The molecule has 14 heavy (non-hydrogen) atoms. The lowest BCUT2D eigenvalue weighted by Gasteiger charge is -2.07. The monoisotopic (exact) mass is 209 g/mol. The maximum atomic E-state index is 11.2. The van der Waals surface area contributed by atoms with Gasteiger partial charge in [0.15, 0.2) is 0 Å². The van der Waals surface area contributed by atoms with Gasteiger partial charge < -0.3 is 5.73 Å². The van der Waals surface area contributed by atoms with E-state index in [0.717, 1.165) is 17.9 Å². The number of primary amides is 1. The molecular weight excluding hydrogens is 198 g/mol. The summed E-state index contributed by atoms with van der Waals surface area (Å²) in [6.07, 6.45) is 3.44. The molecule has 3 heteroatoms. The number of benzene rings is 1. The van der Waals surface area contributed by atoms with Crippen molar-refractivity contribution in [3.63, 3.8) is 0 Å². The van der Waals surface area contributed by atoms with E-state index >= 15 is 0 Å². The largest absolute Gasteiger partial charge is 0.366 e. The lowest BCUT2D eigenvalue weighted by Crippen LogP contribution is -2.14. The highest BCUT2D eigenvalue weighted by molar-refractivity contribution is 6.34. The van der Waals surface area contributed by atoms with Gasteiger partial charge in [-0.3, -0.25) is 4.79 Å². The van der Waals surface area contributed by atoms with Crippen LogP contribution in [0.15, 0.2) is 18.2 Å². The minimum Gasteiger partial charge on any atom is -0.366 e. The lowest BCUT2D eigenvalue weighted by molar-refractivity contribution is 0.0999. The van der Waals surface area contributed by atoms with Gasteiger partial charge in [0, 0.05) is 0 Å². The first-order valence-corrected chi connectivity index (χ1v) is 5.13. The normalized spacial score (nSPS) is 15.5. The second-order valence-corrected chi connectivity index (χ2v) is 4.19. The number of rotatable bonds is 3. The first kappa shape index (κ1) is 9.53. The van der Waals surface area contributed by atoms with Crippen molar-refractivity contribution in [2.45, 2.75) is 19.3 Å². The summed E-state index contributed by atoms with van der Waals surface area (Å²) in [5.41, 5.74) is 6.78. The zero-order valence-corrected chi connectivity index (χ0v) is 8.55. The third-order valence-electron chi connectivity index (χ3n) is 2.55. The van der Waals surface area contributed by atoms with E-state index < -0.39 is 5.91 Å². The molecule has 1 amide bonds. The molecule has 0 heterocycles. The number of hydrogen-bond acceptors (Lipinski definition) is 1. The van der Waals surface area contributed by atoms with Crippen molar-refractivity contribution in [1.82, 2.24) is 0 Å². The third-order valence-corrected chi connectivity index (χ3v) is 2.87. The van der Waals surface area contributed by atoms with Crippen LogP contribution in [0, 0.1) is 5.92 Å². The Labute approximate surface area is 88.1 Å². The average Bonchev–Trinajstić information content (AvgIpc) is 2.87. The highest BCUT2D eigenvalue weighted by atomic mass is 35.5. The molecule has 1 aromatic rings. The van der Waals surface area contributed by atoms with Crippen LogP contribution in [-0.4, -0.2) is 5.91 Å². The third kappa shape index (κ3) is 1.90. The molecule has 1 saturated carbocycles. The van der Waals surface area contributed by atoms with Crippen molar-refractivity contribution in [3.8, 4) is 0 Å². The van der Waals surface area contributed by atoms with Crippen LogP contribution in [0.5, 0.6) is 0 Å². The van der Waals surface area contributed by atoms with Gasteiger partial charge in [-0.25, -0.2) is 0 Å². The Hall–Kier alpha value is -1.02. The summed E-state index contributed by atoms with van der Waals surface area (Å²) in [6.45, 7) is 0. The second kappa shape index (κ2) is 3.62. The molecule has 2 N–H and O–H groups in total. The van der Waals surface area contributed by atoms with Gasteiger partial charge in [-0.2, -0.15) is 0 Å². The first-order chi connectivity index (χ1) is 6.68. The van der Waals surface area contributed by atoms with Crippen LogP contribution >= 0.6 is 11.6 Å². The van der Waals surface area contributed by atoms with Crippen LogP contribution in [0.1, 0.15) is 28.8 Å². The van der Waals surface area contributed by atoms with Crippen molar-refractivity contribution in [2.75, 3.05) is 0 Å². The Morgan fingerprint density at radius 1 is 1.50 bits per heavy atom. The summed E-state index contributed by atoms with van der Waals surface area (Å²) in [6, 6.07) is 5.51. The van der Waals surface area contributed by atoms with Gasteiger partial charge in [-0.1, -0.05) is 23.7 Å². The van der Waals surface area contributed by atoms with E-state index in [-0.39, 0.29) is 0 Å². The number of hydrogen-bond donors (Lipinski definition) is 1. The first-order valence-electron chi connectivity index (χ1n) is 4.75. The maximum absolute atomic E-state index is 11.2. The number of nitrogens with two attached hydrogens (primary N) is 1. The van der Waals surface area contributed by atoms with E-state index in [1.165, 1.54) is 12.8 Å². The molecule has 1 aromatic carbocycles. The molecule has 0 spiro atoms. The van der Waals surface area contributed by atoms with Crippen LogP contribution in [0.2, 0.25) is 5.02 Å². The average molecular weight is 210 g/mol. The minimum absolute atomic E-state index is 0.425. The molecule has 0 aliphatic heterocycles. The number of amides is 1. The fraction of sp³-hybridized carbons (Fsp3) is 0.364. The summed E-state index contributed by atoms with van der Waals surface area (Å²) in [4.78, 5) is 11.2. The molecular formula is C11H12ClNO. The number of halogens is 1.